The van der Waals surface area contributed by atoms with Crippen LogP contribution in [0.5, 0.6) is 0 Å². The fourth-order valence-electron chi connectivity index (χ4n) is 3.66. The van der Waals surface area contributed by atoms with Crippen LogP contribution in [0.4, 0.5) is 11.6 Å². The highest BCUT2D eigenvalue weighted by atomic mass is 16.3. The van der Waals surface area contributed by atoms with Crippen molar-refractivity contribution in [2.45, 2.75) is 26.3 Å². The second-order valence-corrected chi connectivity index (χ2v) is 7.28. The number of nitrogens with one attached hydrogen (secondary N) is 1. The van der Waals surface area contributed by atoms with Crippen molar-refractivity contribution < 1.29 is 5.11 Å². The second-order valence-electron chi connectivity index (χ2n) is 7.28. The summed E-state index contributed by atoms with van der Waals surface area (Å²) in [5.74, 6) is 2.03. The molecule has 2 N–H and O–H groups in total. The quantitative estimate of drug-likeness (QED) is 0.687. The van der Waals surface area contributed by atoms with E-state index in [0.29, 0.717) is 12.5 Å². The van der Waals surface area contributed by atoms with E-state index in [0.717, 1.165) is 54.5 Å². The molecule has 1 atom stereocenters. The Hall–Kier alpha value is -2.93. The molecule has 0 aliphatic carbocycles. The van der Waals surface area contributed by atoms with E-state index in [1.807, 2.05) is 42.1 Å². The Morgan fingerprint density at radius 3 is 2.93 bits per heavy atom. The van der Waals surface area contributed by atoms with Crippen molar-refractivity contribution in [1.82, 2.24) is 19.7 Å². The molecule has 28 heavy (non-hydrogen) atoms. The first-order valence-corrected chi connectivity index (χ1v) is 9.75. The SMILES string of the molecule is Cc1ccn(-c2ccccc2CNc2cc(N3CCCC(CO)C3)ncn2)n1. The normalized spacial score (nSPS) is 16.9. The summed E-state index contributed by atoms with van der Waals surface area (Å²) >= 11 is 0. The molecule has 1 aliphatic rings. The maximum Gasteiger partial charge on any atom is 0.134 e. The van der Waals surface area contributed by atoms with Crippen LogP contribution in [-0.4, -0.2) is 44.6 Å². The maximum absolute atomic E-state index is 9.46. The Balaban J connectivity index is 1.48. The van der Waals surface area contributed by atoms with Gasteiger partial charge in [-0.2, -0.15) is 5.10 Å². The lowest BCUT2D eigenvalue weighted by molar-refractivity contribution is 0.208. The molecular formula is C21H26N6O. The number of anilines is 2. The fourth-order valence-corrected chi connectivity index (χ4v) is 3.66. The summed E-state index contributed by atoms with van der Waals surface area (Å²) in [5.41, 5.74) is 3.19. The van der Waals surface area contributed by atoms with E-state index < -0.39 is 0 Å². The number of hydrogen-bond donors (Lipinski definition) is 2. The van der Waals surface area contributed by atoms with E-state index in [9.17, 15) is 5.11 Å². The number of piperidine rings is 1. The molecule has 7 nitrogen and oxygen atoms in total. The van der Waals surface area contributed by atoms with Gasteiger partial charge in [-0.3, -0.25) is 0 Å². The van der Waals surface area contributed by atoms with Gasteiger partial charge in [0.25, 0.3) is 0 Å². The van der Waals surface area contributed by atoms with Crippen LogP contribution in [0.2, 0.25) is 0 Å². The van der Waals surface area contributed by atoms with Gasteiger partial charge in [0.15, 0.2) is 0 Å². The van der Waals surface area contributed by atoms with Gasteiger partial charge in [0.1, 0.15) is 18.0 Å². The highest BCUT2D eigenvalue weighted by molar-refractivity contribution is 5.50. The molecule has 1 aromatic carbocycles. The monoisotopic (exact) mass is 378 g/mol. The number of benzene rings is 1. The predicted molar refractivity (Wildman–Crippen MR) is 110 cm³/mol. The molecule has 1 saturated heterocycles. The van der Waals surface area contributed by atoms with Gasteiger partial charge in [-0.25, -0.2) is 14.6 Å². The van der Waals surface area contributed by atoms with Gasteiger partial charge in [-0.15, -0.1) is 0 Å². The number of aliphatic hydroxyl groups excluding tert-OH is 1. The molecule has 4 rings (SSSR count). The van der Waals surface area contributed by atoms with E-state index in [1.165, 1.54) is 0 Å². The molecule has 7 heteroatoms. The van der Waals surface area contributed by atoms with Crippen LogP contribution < -0.4 is 10.2 Å². The van der Waals surface area contributed by atoms with Crippen LogP contribution in [0.3, 0.4) is 0 Å². The minimum Gasteiger partial charge on any atom is -0.396 e. The summed E-state index contributed by atoms with van der Waals surface area (Å²) in [7, 11) is 0. The zero-order chi connectivity index (χ0) is 19.3. The van der Waals surface area contributed by atoms with Gasteiger partial charge >= 0.3 is 0 Å². The average molecular weight is 378 g/mol. The number of nitrogens with zero attached hydrogens (tertiary/aromatic N) is 5. The number of para-hydroxylation sites is 1. The summed E-state index contributed by atoms with van der Waals surface area (Å²) < 4.78 is 1.90. The summed E-state index contributed by atoms with van der Waals surface area (Å²) in [6.07, 6.45) is 5.73. The topological polar surface area (TPSA) is 79.1 Å². The molecule has 0 bridgehead atoms. The minimum absolute atomic E-state index is 0.233. The number of aryl methyl sites for hydroxylation is 1. The minimum atomic E-state index is 0.233. The van der Waals surface area contributed by atoms with Crippen molar-refractivity contribution in [1.29, 1.82) is 0 Å². The molecule has 0 spiro atoms. The van der Waals surface area contributed by atoms with Gasteiger partial charge < -0.3 is 15.3 Å². The van der Waals surface area contributed by atoms with E-state index >= 15 is 0 Å². The Morgan fingerprint density at radius 1 is 1.21 bits per heavy atom. The van der Waals surface area contributed by atoms with Crippen LogP contribution in [0.25, 0.3) is 5.69 Å². The fraction of sp³-hybridized carbons (Fsp3) is 0.381. The lowest BCUT2D eigenvalue weighted by atomic mass is 9.99. The van der Waals surface area contributed by atoms with Crippen molar-refractivity contribution >= 4 is 11.6 Å². The van der Waals surface area contributed by atoms with Gasteiger partial charge in [0.2, 0.25) is 0 Å². The highest BCUT2D eigenvalue weighted by Crippen LogP contribution is 2.23. The highest BCUT2D eigenvalue weighted by Gasteiger charge is 2.20. The zero-order valence-electron chi connectivity index (χ0n) is 16.1. The van der Waals surface area contributed by atoms with Crippen LogP contribution >= 0.6 is 0 Å². The number of hydrogen-bond acceptors (Lipinski definition) is 6. The third-order valence-corrected chi connectivity index (χ3v) is 5.17. The molecule has 0 radical (unpaired) electrons. The molecule has 0 saturated carbocycles. The van der Waals surface area contributed by atoms with E-state index in [1.54, 1.807) is 6.33 Å². The molecule has 146 valence electrons. The molecule has 1 aliphatic heterocycles. The van der Waals surface area contributed by atoms with Crippen LogP contribution in [-0.2, 0) is 6.54 Å². The number of rotatable bonds is 6. The third kappa shape index (κ3) is 4.14. The van der Waals surface area contributed by atoms with Crippen LogP contribution in [0.1, 0.15) is 24.1 Å². The lowest BCUT2D eigenvalue weighted by Gasteiger charge is -2.32. The maximum atomic E-state index is 9.46. The molecule has 0 amide bonds. The molecule has 3 heterocycles. The molecule has 1 fully saturated rings. The molecular weight excluding hydrogens is 352 g/mol. The Bertz CT molecular complexity index is 925. The zero-order valence-corrected chi connectivity index (χ0v) is 16.1. The van der Waals surface area contributed by atoms with Gasteiger partial charge in [0.05, 0.1) is 11.4 Å². The first-order chi connectivity index (χ1) is 13.7. The summed E-state index contributed by atoms with van der Waals surface area (Å²) in [6, 6.07) is 12.2. The smallest absolute Gasteiger partial charge is 0.134 e. The molecule has 2 aromatic heterocycles. The van der Waals surface area contributed by atoms with E-state index in [2.05, 4.69) is 37.4 Å². The first kappa shape index (κ1) is 18.4. The molecule has 3 aromatic rings. The van der Waals surface area contributed by atoms with Gasteiger partial charge in [-0.1, -0.05) is 18.2 Å². The van der Waals surface area contributed by atoms with Crippen molar-refractivity contribution in [3.8, 4) is 5.69 Å². The Labute approximate surface area is 165 Å². The average Bonchev–Trinajstić information content (AvgIpc) is 3.19. The van der Waals surface area contributed by atoms with Crippen LogP contribution in [0.15, 0.2) is 48.9 Å². The van der Waals surface area contributed by atoms with Crippen molar-refractivity contribution in [2.75, 3.05) is 29.9 Å². The Kier molecular flexibility index (Phi) is 5.53. The number of aliphatic hydroxyl groups is 1. The van der Waals surface area contributed by atoms with E-state index in [4.69, 9.17) is 0 Å². The Morgan fingerprint density at radius 2 is 2.11 bits per heavy atom. The second kappa shape index (κ2) is 8.39. The van der Waals surface area contributed by atoms with Gasteiger partial charge in [-0.05, 0) is 43.4 Å². The van der Waals surface area contributed by atoms with Crippen molar-refractivity contribution in [3.63, 3.8) is 0 Å². The third-order valence-electron chi connectivity index (χ3n) is 5.17. The summed E-state index contributed by atoms with van der Waals surface area (Å²) in [6.45, 7) is 4.67. The molecule has 1 unspecified atom stereocenters. The lowest BCUT2D eigenvalue weighted by Crippen LogP contribution is -2.37. The first-order valence-electron chi connectivity index (χ1n) is 9.75. The van der Waals surface area contributed by atoms with Crippen molar-refractivity contribution in [2.24, 2.45) is 5.92 Å². The number of aromatic nitrogens is 4. The van der Waals surface area contributed by atoms with E-state index in [-0.39, 0.29) is 6.61 Å². The van der Waals surface area contributed by atoms with Gasteiger partial charge in [0, 0.05) is 38.5 Å². The standard InChI is InChI=1S/C21H26N6O/c1-16-8-10-27(25-16)19-7-3-2-6-18(19)12-22-20-11-21(24-15-23-20)26-9-4-5-17(13-26)14-28/h2-3,6-8,10-11,15,17,28H,4-5,9,12-14H2,1H3,(H,22,23,24). The summed E-state index contributed by atoms with van der Waals surface area (Å²) in [5, 5.41) is 17.4. The largest absolute Gasteiger partial charge is 0.396 e. The predicted octanol–water partition coefficient (Wildman–Crippen LogP) is 2.79. The van der Waals surface area contributed by atoms with Crippen molar-refractivity contribution in [3.05, 3.63) is 60.2 Å². The summed E-state index contributed by atoms with van der Waals surface area (Å²) in [4.78, 5) is 11.0. The van der Waals surface area contributed by atoms with Crippen LogP contribution in [0, 0.1) is 12.8 Å².